The van der Waals surface area contributed by atoms with Crippen LogP contribution in [0.5, 0.6) is 0 Å². The lowest BCUT2D eigenvalue weighted by Gasteiger charge is -2.11. The number of carbonyl (C=O) groups excluding carboxylic acids is 2. The third-order valence-corrected chi connectivity index (χ3v) is 5.33. The van der Waals surface area contributed by atoms with Gasteiger partial charge in [0.25, 0.3) is 5.91 Å². The summed E-state index contributed by atoms with van der Waals surface area (Å²) in [5, 5.41) is 2.82. The molecule has 0 saturated carbocycles. The van der Waals surface area contributed by atoms with Gasteiger partial charge in [-0.15, -0.1) is 11.8 Å². The van der Waals surface area contributed by atoms with E-state index in [4.69, 9.17) is 4.74 Å². The Bertz CT molecular complexity index is 946. The second-order valence-corrected chi connectivity index (χ2v) is 7.83. The smallest absolute Gasteiger partial charge is 0.316 e. The second kappa shape index (κ2) is 10.1. The summed E-state index contributed by atoms with van der Waals surface area (Å²) in [7, 11) is 0. The molecule has 0 fully saturated rings. The molecule has 0 aliphatic carbocycles. The van der Waals surface area contributed by atoms with Gasteiger partial charge in [-0.3, -0.25) is 9.59 Å². The van der Waals surface area contributed by atoms with E-state index in [9.17, 15) is 9.59 Å². The van der Waals surface area contributed by atoms with Gasteiger partial charge in [0.2, 0.25) is 0 Å². The summed E-state index contributed by atoms with van der Waals surface area (Å²) in [6.07, 6.45) is 0. The van der Waals surface area contributed by atoms with Crippen LogP contribution in [0, 0.1) is 0 Å². The van der Waals surface area contributed by atoms with E-state index in [1.165, 1.54) is 11.8 Å². The fourth-order valence-corrected chi connectivity index (χ4v) is 3.47. The molecule has 0 unspecified atom stereocenters. The molecule has 0 heterocycles. The molecule has 0 aliphatic heterocycles. The van der Waals surface area contributed by atoms with E-state index in [-0.39, 0.29) is 18.3 Å². The van der Waals surface area contributed by atoms with Crippen molar-refractivity contribution < 1.29 is 14.3 Å². The van der Waals surface area contributed by atoms with Crippen LogP contribution in [-0.4, -0.2) is 24.2 Å². The van der Waals surface area contributed by atoms with Gasteiger partial charge in [-0.05, 0) is 35.9 Å². The van der Waals surface area contributed by atoms with Gasteiger partial charge in [-0.25, -0.2) is 0 Å². The fourth-order valence-electron chi connectivity index (χ4n) is 2.51. The zero-order valence-electron chi connectivity index (χ0n) is 14.9. The highest BCUT2D eigenvalue weighted by molar-refractivity contribution is 9.10. The van der Waals surface area contributed by atoms with Crippen molar-refractivity contribution in [2.75, 3.05) is 17.7 Å². The molecule has 0 aliphatic rings. The molecule has 4 nitrogen and oxygen atoms in total. The van der Waals surface area contributed by atoms with Gasteiger partial charge in [0.05, 0.1) is 5.75 Å². The minimum absolute atomic E-state index is 0.148. The standard InChI is InChI=1S/C22H18BrNO3S/c23-17-10-12-18(13-11-17)28-15-22(26)27-14-21(25)24-20-9-5-4-8-19(20)16-6-2-1-3-7-16/h1-13H,14-15H2,(H,24,25). The number of ether oxygens (including phenoxy) is 1. The molecule has 0 aromatic heterocycles. The van der Waals surface area contributed by atoms with E-state index in [1.807, 2.05) is 78.9 Å². The molecule has 3 aromatic rings. The second-order valence-electron chi connectivity index (χ2n) is 5.86. The van der Waals surface area contributed by atoms with Crippen LogP contribution >= 0.6 is 27.7 Å². The van der Waals surface area contributed by atoms with Crippen LogP contribution in [0.4, 0.5) is 5.69 Å². The van der Waals surface area contributed by atoms with E-state index < -0.39 is 5.97 Å². The first-order chi connectivity index (χ1) is 13.6. The molecule has 0 atom stereocenters. The van der Waals surface area contributed by atoms with Crippen LogP contribution in [0.15, 0.2) is 88.2 Å². The van der Waals surface area contributed by atoms with Gasteiger partial charge in [0.15, 0.2) is 6.61 Å². The maximum Gasteiger partial charge on any atom is 0.316 e. The lowest BCUT2D eigenvalue weighted by atomic mass is 10.0. The van der Waals surface area contributed by atoms with Gasteiger partial charge in [-0.1, -0.05) is 64.5 Å². The van der Waals surface area contributed by atoms with Crippen LogP contribution in [0.25, 0.3) is 11.1 Å². The Hall–Kier alpha value is -2.57. The molecular weight excluding hydrogens is 438 g/mol. The van der Waals surface area contributed by atoms with Crippen molar-refractivity contribution >= 4 is 45.3 Å². The third kappa shape index (κ3) is 5.97. The van der Waals surface area contributed by atoms with Crippen molar-refractivity contribution in [1.29, 1.82) is 0 Å². The first-order valence-corrected chi connectivity index (χ1v) is 10.4. The number of carbonyl (C=O) groups is 2. The average Bonchev–Trinajstić information content (AvgIpc) is 2.73. The van der Waals surface area contributed by atoms with Crippen LogP contribution in [0.2, 0.25) is 0 Å². The summed E-state index contributed by atoms with van der Waals surface area (Å²) < 4.78 is 6.06. The number of amides is 1. The highest BCUT2D eigenvalue weighted by Gasteiger charge is 2.11. The first-order valence-electron chi connectivity index (χ1n) is 8.60. The quantitative estimate of drug-likeness (QED) is 0.383. The highest BCUT2D eigenvalue weighted by Crippen LogP contribution is 2.27. The molecule has 142 valence electrons. The molecule has 3 rings (SSSR count). The summed E-state index contributed by atoms with van der Waals surface area (Å²) >= 11 is 4.73. The highest BCUT2D eigenvalue weighted by atomic mass is 79.9. The minimum Gasteiger partial charge on any atom is -0.455 e. The number of thioether (sulfide) groups is 1. The molecule has 1 amide bonds. The largest absolute Gasteiger partial charge is 0.455 e. The molecular formula is C22H18BrNO3S. The predicted octanol–water partition coefficient (Wildman–Crippen LogP) is 5.39. The van der Waals surface area contributed by atoms with E-state index in [1.54, 1.807) is 0 Å². The Morgan fingerprint density at radius 1 is 0.893 bits per heavy atom. The number of rotatable bonds is 7. The van der Waals surface area contributed by atoms with E-state index in [0.717, 1.165) is 20.5 Å². The number of benzene rings is 3. The Morgan fingerprint density at radius 2 is 1.57 bits per heavy atom. The SMILES string of the molecule is O=C(COC(=O)CSc1ccc(Br)cc1)Nc1ccccc1-c1ccccc1. The number of anilines is 1. The first kappa shape index (κ1) is 20.2. The number of esters is 1. The van der Waals surface area contributed by atoms with E-state index in [0.29, 0.717) is 5.69 Å². The van der Waals surface area contributed by atoms with Crippen LogP contribution in [-0.2, 0) is 14.3 Å². The number of halogens is 1. The zero-order valence-corrected chi connectivity index (χ0v) is 17.3. The zero-order chi connectivity index (χ0) is 19.8. The predicted molar refractivity (Wildman–Crippen MR) is 116 cm³/mol. The average molecular weight is 456 g/mol. The molecule has 0 bridgehead atoms. The summed E-state index contributed by atoms with van der Waals surface area (Å²) in [6.45, 7) is -0.317. The van der Waals surface area contributed by atoms with Gasteiger partial charge in [-0.2, -0.15) is 0 Å². The van der Waals surface area contributed by atoms with Crippen LogP contribution in [0.1, 0.15) is 0 Å². The third-order valence-electron chi connectivity index (χ3n) is 3.82. The molecule has 3 aromatic carbocycles. The molecule has 28 heavy (non-hydrogen) atoms. The number of nitrogens with one attached hydrogen (secondary N) is 1. The van der Waals surface area contributed by atoms with Gasteiger partial charge in [0, 0.05) is 20.6 Å². The fraction of sp³-hybridized carbons (Fsp3) is 0.0909. The number of para-hydroxylation sites is 1. The molecule has 1 N–H and O–H groups in total. The Kier molecular flexibility index (Phi) is 7.28. The van der Waals surface area contributed by atoms with Gasteiger partial charge in [0.1, 0.15) is 0 Å². The lowest BCUT2D eigenvalue weighted by Crippen LogP contribution is -2.21. The summed E-state index contributed by atoms with van der Waals surface area (Å²) in [5.74, 6) is -0.653. The molecule has 6 heteroatoms. The maximum absolute atomic E-state index is 12.2. The van der Waals surface area contributed by atoms with Crippen molar-refractivity contribution in [3.63, 3.8) is 0 Å². The van der Waals surface area contributed by atoms with Crippen molar-refractivity contribution in [2.24, 2.45) is 0 Å². The monoisotopic (exact) mass is 455 g/mol. The van der Waals surface area contributed by atoms with Crippen LogP contribution in [0.3, 0.4) is 0 Å². The topological polar surface area (TPSA) is 55.4 Å². The summed E-state index contributed by atoms with van der Waals surface area (Å²) in [6, 6.07) is 24.9. The van der Waals surface area contributed by atoms with E-state index in [2.05, 4.69) is 21.2 Å². The minimum atomic E-state index is -0.431. The molecule has 0 saturated heterocycles. The van der Waals surface area contributed by atoms with E-state index >= 15 is 0 Å². The van der Waals surface area contributed by atoms with Gasteiger partial charge >= 0.3 is 5.97 Å². The Morgan fingerprint density at radius 3 is 2.32 bits per heavy atom. The number of hydrogen-bond donors (Lipinski definition) is 1. The van der Waals surface area contributed by atoms with Gasteiger partial charge < -0.3 is 10.1 Å². The lowest BCUT2D eigenvalue weighted by molar-refractivity contribution is -0.144. The summed E-state index contributed by atoms with van der Waals surface area (Å²) in [5.41, 5.74) is 2.59. The Labute approximate surface area is 176 Å². The number of hydrogen-bond acceptors (Lipinski definition) is 4. The maximum atomic E-state index is 12.2. The van der Waals surface area contributed by atoms with Crippen molar-refractivity contribution in [2.45, 2.75) is 4.90 Å². The van der Waals surface area contributed by atoms with Crippen molar-refractivity contribution in [3.8, 4) is 11.1 Å². The normalized spacial score (nSPS) is 10.3. The van der Waals surface area contributed by atoms with Crippen molar-refractivity contribution in [3.05, 3.63) is 83.3 Å². The van der Waals surface area contributed by atoms with Crippen LogP contribution < -0.4 is 5.32 Å². The molecule has 0 radical (unpaired) electrons. The van der Waals surface area contributed by atoms with Crippen molar-refractivity contribution in [1.82, 2.24) is 0 Å². The molecule has 0 spiro atoms. The summed E-state index contributed by atoms with van der Waals surface area (Å²) in [4.78, 5) is 25.1. The Balaban J connectivity index is 1.51.